The number of piperidine rings is 1. The van der Waals surface area contributed by atoms with Crippen LogP contribution in [0.5, 0.6) is 5.75 Å². The molecule has 2 heterocycles. The van der Waals surface area contributed by atoms with Gasteiger partial charge in [0, 0.05) is 18.7 Å². The second kappa shape index (κ2) is 11.0. The molecule has 218 valence electrons. The molecule has 5 rings (SSSR count). The minimum Gasteiger partial charge on any atom is -0.497 e. The molecule has 1 saturated heterocycles. The van der Waals surface area contributed by atoms with Crippen molar-refractivity contribution in [2.24, 2.45) is 0 Å². The summed E-state index contributed by atoms with van der Waals surface area (Å²) in [4.78, 5) is 53.2. The Labute approximate surface area is 242 Å². The molecule has 12 heteroatoms. The Hall–Kier alpha value is -4.55. The summed E-state index contributed by atoms with van der Waals surface area (Å²) in [6.45, 7) is 3.85. The number of nitrogens with one attached hydrogen (secondary N) is 1. The molecule has 0 saturated carbocycles. The van der Waals surface area contributed by atoms with Crippen molar-refractivity contribution in [1.82, 2.24) is 10.2 Å². The summed E-state index contributed by atoms with van der Waals surface area (Å²) >= 11 is 0. The lowest BCUT2D eigenvalue weighted by atomic mass is 10.0. The average Bonchev–Trinajstić information content (AvgIpc) is 3.20. The quantitative estimate of drug-likeness (QED) is 0.296. The standard InChI is InChI=1S/C30H29N3O8S/c1-4-21-17(2)5-13-25(42(38,39)40)27(21)32(16-18-6-9-20(41-3)10-7-18)19-8-11-22-23(15-19)30(37)33(29(22)36)24-12-14-26(34)31-28(24)35/h5-11,13,15,24H,4,12,14,16H2,1-3H3,(H,31,34,35)(H,38,39,40). The monoisotopic (exact) mass is 591 g/mol. The summed E-state index contributed by atoms with van der Waals surface area (Å²) in [6.07, 6.45) is 0.457. The van der Waals surface area contributed by atoms with Crippen molar-refractivity contribution in [2.45, 2.75) is 50.6 Å². The Bertz CT molecular complexity index is 1730. The lowest BCUT2D eigenvalue weighted by Gasteiger charge is -2.30. The van der Waals surface area contributed by atoms with Crippen molar-refractivity contribution < 1.29 is 36.9 Å². The van der Waals surface area contributed by atoms with Gasteiger partial charge in [0.25, 0.3) is 21.9 Å². The van der Waals surface area contributed by atoms with Crippen molar-refractivity contribution in [1.29, 1.82) is 0 Å². The average molecular weight is 592 g/mol. The molecule has 2 N–H and O–H groups in total. The van der Waals surface area contributed by atoms with Gasteiger partial charge in [-0.15, -0.1) is 0 Å². The van der Waals surface area contributed by atoms with Crippen LogP contribution in [0.3, 0.4) is 0 Å². The van der Waals surface area contributed by atoms with E-state index in [9.17, 15) is 32.1 Å². The molecule has 2 aliphatic rings. The van der Waals surface area contributed by atoms with Gasteiger partial charge in [0.1, 0.15) is 16.7 Å². The molecule has 11 nitrogen and oxygen atoms in total. The van der Waals surface area contributed by atoms with E-state index < -0.39 is 39.8 Å². The van der Waals surface area contributed by atoms with Crippen LogP contribution >= 0.6 is 0 Å². The molecular formula is C30H29N3O8S. The third-order valence-electron chi connectivity index (χ3n) is 7.62. The van der Waals surface area contributed by atoms with Crippen LogP contribution in [0.15, 0.2) is 59.5 Å². The number of carbonyl (C=O) groups is 4. The van der Waals surface area contributed by atoms with Crippen LogP contribution < -0.4 is 15.0 Å². The van der Waals surface area contributed by atoms with Gasteiger partial charge in [-0.1, -0.05) is 25.1 Å². The maximum atomic E-state index is 13.5. The molecule has 1 fully saturated rings. The fourth-order valence-electron chi connectivity index (χ4n) is 5.51. The third kappa shape index (κ3) is 5.14. The van der Waals surface area contributed by atoms with Crippen molar-refractivity contribution >= 4 is 45.1 Å². The van der Waals surface area contributed by atoms with Crippen LogP contribution in [0.2, 0.25) is 0 Å². The summed E-state index contributed by atoms with van der Waals surface area (Å²) in [7, 11) is -3.12. The first-order chi connectivity index (χ1) is 19.9. The maximum absolute atomic E-state index is 13.5. The number of imide groups is 2. The molecule has 3 aromatic rings. The first-order valence-corrected chi connectivity index (χ1v) is 14.7. The zero-order chi connectivity index (χ0) is 30.3. The Kier molecular flexibility index (Phi) is 7.60. The topological polar surface area (TPSA) is 150 Å². The molecular weight excluding hydrogens is 562 g/mol. The second-order valence-electron chi connectivity index (χ2n) is 10.1. The molecule has 42 heavy (non-hydrogen) atoms. The zero-order valence-electron chi connectivity index (χ0n) is 23.2. The first-order valence-electron chi connectivity index (χ1n) is 13.3. The van der Waals surface area contributed by atoms with E-state index in [-0.39, 0.29) is 41.1 Å². The number of benzene rings is 3. The Morgan fingerprint density at radius 1 is 1.00 bits per heavy atom. The van der Waals surface area contributed by atoms with Gasteiger partial charge in [0.05, 0.1) is 23.9 Å². The number of carbonyl (C=O) groups excluding carboxylic acids is 4. The van der Waals surface area contributed by atoms with Gasteiger partial charge in [-0.25, -0.2) is 0 Å². The van der Waals surface area contributed by atoms with Crippen LogP contribution in [-0.2, 0) is 32.7 Å². The van der Waals surface area contributed by atoms with Gasteiger partial charge in [0.15, 0.2) is 0 Å². The summed E-state index contributed by atoms with van der Waals surface area (Å²) in [6, 6.07) is 13.5. The number of hydrogen-bond acceptors (Lipinski definition) is 8. The SMILES string of the molecule is CCc1c(C)ccc(S(=O)(=O)O)c1N(Cc1ccc(OC)cc1)c1ccc2c(c1)C(=O)N(C1CCC(=O)NC1=O)C2=O. The molecule has 1 atom stereocenters. The molecule has 1 unspecified atom stereocenters. The van der Waals surface area contributed by atoms with Crippen LogP contribution in [-0.4, -0.2) is 54.7 Å². The highest BCUT2D eigenvalue weighted by atomic mass is 32.2. The number of fused-ring (bicyclic) bond motifs is 1. The number of nitrogens with zero attached hydrogens (tertiary/aromatic N) is 2. The first kappa shape index (κ1) is 29.0. The minimum absolute atomic E-state index is 0.00371. The van der Waals surface area contributed by atoms with Gasteiger partial charge in [-0.3, -0.25) is 33.9 Å². The number of amides is 4. The van der Waals surface area contributed by atoms with Gasteiger partial charge < -0.3 is 9.64 Å². The summed E-state index contributed by atoms with van der Waals surface area (Å²) in [5.41, 5.74) is 3.01. The molecule has 0 bridgehead atoms. The van der Waals surface area contributed by atoms with E-state index in [4.69, 9.17) is 4.74 Å². The van der Waals surface area contributed by atoms with Gasteiger partial charge >= 0.3 is 0 Å². The zero-order valence-corrected chi connectivity index (χ0v) is 24.0. The normalized spacial score (nSPS) is 16.9. The fraction of sp³-hybridized carbons (Fsp3) is 0.267. The van der Waals surface area contributed by atoms with Crippen LogP contribution in [0.25, 0.3) is 0 Å². The largest absolute Gasteiger partial charge is 0.497 e. The summed E-state index contributed by atoms with van der Waals surface area (Å²) in [5.74, 6) is -1.90. The van der Waals surface area contributed by atoms with Crippen LogP contribution in [0, 0.1) is 6.92 Å². The van der Waals surface area contributed by atoms with Gasteiger partial charge in [0.2, 0.25) is 11.8 Å². The molecule has 0 aliphatic carbocycles. The molecule has 0 aromatic heterocycles. The predicted octanol–water partition coefficient (Wildman–Crippen LogP) is 3.55. The van der Waals surface area contributed by atoms with Crippen molar-refractivity contribution in [3.8, 4) is 5.75 Å². The fourth-order valence-corrected chi connectivity index (χ4v) is 6.22. The predicted molar refractivity (Wildman–Crippen MR) is 152 cm³/mol. The molecule has 2 aliphatic heterocycles. The number of rotatable bonds is 8. The molecule has 4 amide bonds. The molecule has 0 spiro atoms. The van der Waals surface area contributed by atoms with E-state index in [0.29, 0.717) is 23.4 Å². The Morgan fingerprint density at radius 3 is 2.31 bits per heavy atom. The lowest BCUT2D eigenvalue weighted by Crippen LogP contribution is -2.54. The third-order valence-corrected chi connectivity index (χ3v) is 8.50. The van der Waals surface area contributed by atoms with Crippen molar-refractivity contribution in [3.63, 3.8) is 0 Å². The number of hydrogen-bond donors (Lipinski definition) is 2. The smallest absolute Gasteiger partial charge is 0.296 e. The lowest BCUT2D eigenvalue weighted by molar-refractivity contribution is -0.136. The van der Waals surface area contributed by atoms with Crippen molar-refractivity contribution in [3.05, 3.63) is 82.4 Å². The number of aryl methyl sites for hydroxylation is 1. The highest BCUT2D eigenvalue weighted by Gasteiger charge is 2.45. The molecule has 0 radical (unpaired) electrons. The number of ether oxygens (including phenoxy) is 1. The summed E-state index contributed by atoms with van der Waals surface area (Å²) in [5, 5.41) is 2.18. The molecule has 3 aromatic carbocycles. The highest BCUT2D eigenvalue weighted by molar-refractivity contribution is 7.86. The van der Waals surface area contributed by atoms with E-state index in [0.717, 1.165) is 16.0 Å². The van der Waals surface area contributed by atoms with Gasteiger partial charge in [-0.05, 0) is 72.9 Å². The minimum atomic E-state index is -4.67. The van der Waals surface area contributed by atoms with E-state index >= 15 is 0 Å². The van der Waals surface area contributed by atoms with Gasteiger partial charge in [-0.2, -0.15) is 8.42 Å². The van der Waals surface area contributed by atoms with E-state index in [1.165, 1.54) is 18.2 Å². The van der Waals surface area contributed by atoms with Crippen LogP contribution in [0.1, 0.15) is 57.2 Å². The Morgan fingerprint density at radius 2 is 1.69 bits per heavy atom. The second-order valence-corrected chi connectivity index (χ2v) is 11.5. The number of methoxy groups -OCH3 is 1. The summed E-state index contributed by atoms with van der Waals surface area (Å²) < 4.78 is 40.7. The van der Waals surface area contributed by atoms with Crippen LogP contribution in [0.4, 0.5) is 11.4 Å². The van der Waals surface area contributed by atoms with E-state index in [1.807, 2.05) is 26.0 Å². The number of anilines is 2. The Balaban J connectivity index is 1.65. The maximum Gasteiger partial charge on any atom is 0.296 e. The van der Waals surface area contributed by atoms with Crippen molar-refractivity contribution in [2.75, 3.05) is 12.0 Å². The van der Waals surface area contributed by atoms with E-state index in [1.54, 1.807) is 36.3 Å². The van der Waals surface area contributed by atoms with E-state index in [2.05, 4.69) is 5.32 Å². The highest BCUT2D eigenvalue weighted by Crippen LogP contribution is 2.40.